The molecule has 0 aliphatic rings. The molecule has 0 saturated carbocycles. The molecule has 68 valence electrons. The summed E-state index contributed by atoms with van der Waals surface area (Å²) in [5, 5.41) is 0. The van der Waals surface area contributed by atoms with Crippen LogP contribution in [0.15, 0.2) is 11.1 Å². The molecule has 0 aromatic heterocycles. The number of hydrogen-bond donors (Lipinski definition) is 2. The van der Waals surface area contributed by atoms with E-state index in [9.17, 15) is 0 Å². The van der Waals surface area contributed by atoms with E-state index in [0.29, 0.717) is 0 Å². The molecule has 4 nitrogen and oxygen atoms in total. The average Bonchev–Trinajstić information content (AvgIpc) is 1.59. The molecular weight excluding hydrogens is 168 g/mol. The van der Waals surface area contributed by atoms with Crippen LogP contribution < -0.4 is 0 Å². The predicted molar refractivity (Wildman–Crippen MR) is 43.9 cm³/mol. The lowest BCUT2D eigenvalue weighted by molar-refractivity contribution is 0.381. The molecule has 0 aliphatic carbocycles. The van der Waals surface area contributed by atoms with Gasteiger partial charge in [0.15, 0.2) is 0 Å². The molecule has 5 heteroatoms. The molecular formula is C6H14O4S. The molecule has 0 spiro atoms. The highest BCUT2D eigenvalue weighted by Crippen LogP contribution is 1.96. The Morgan fingerprint density at radius 1 is 0.909 bits per heavy atom. The van der Waals surface area contributed by atoms with Gasteiger partial charge in [0, 0.05) is 0 Å². The maximum Gasteiger partial charge on any atom is 0.394 e. The third-order valence-electron chi connectivity index (χ3n) is 1.00. The van der Waals surface area contributed by atoms with Gasteiger partial charge in [-0.1, -0.05) is 11.1 Å². The molecule has 0 atom stereocenters. The van der Waals surface area contributed by atoms with Crippen molar-refractivity contribution in [2.75, 3.05) is 0 Å². The quantitative estimate of drug-likeness (QED) is 0.441. The Morgan fingerprint density at radius 2 is 1.00 bits per heavy atom. The van der Waals surface area contributed by atoms with E-state index in [1.165, 1.54) is 11.1 Å². The molecule has 0 radical (unpaired) electrons. The Hall–Kier alpha value is -0.390. The van der Waals surface area contributed by atoms with Crippen LogP contribution in [0, 0.1) is 0 Å². The van der Waals surface area contributed by atoms with E-state index in [-0.39, 0.29) is 0 Å². The smallest absolute Gasteiger partial charge is 0.264 e. The Labute approximate surface area is 67.5 Å². The summed E-state index contributed by atoms with van der Waals surface area (Å²) < 4.78 is 31.6. The first-order valence-corrected chi connectivity index (χ1v) is 4.35. The third kappa shape index (κ3) is 42.7. The zero-order valence-electron chi connectivity index (χ0n) is 7.12. The molecule has 0 rings (SSSR count). The van der Waals surface area contributed by atoms with Crippen molar-refractivity contribution in [2.45, 2.75) is 27.7 Å². The van der Waals surface area contributed by atoms with Gasteiger partial charge in [-0.3, -0.25) is 9.11 Å². The fourth-order valence-electron chi connectivity index (χ4n) is 0. The fourth-order valence-corrected chi connectivity index (χ4v) is 0. The van der Waals surface area contributed by atoms with E-state index in [2.05, 4.69) is 27.7 Å². The minimum Gasteiger partial charge on any atom is -0.264 e. The predicted octanol–water partition coefficient (Wildman–Crippen LogP) is 1.71. The summed E-state index contributed by atoms with van der Waals surface area (Å²) in [5.41, 5.74) is 2.85. The molecule has 0 fully saturated rings. The second-order valence-corrected chi connectivity index (χ2v) is 3.34. The Balaban J connectivity index is 0. The van der Waals surface area contributed by atoms with Gasteiger partial charge in [0.05, 0.1) is 0 Å². The number of allylic oxidation sites excluding steroid dienone is 2. The first-order chi connectivity index (χ1) is 4.64. The van der Waals surface area contributed by atoms with Crippen molar-refractivity contribution in [3.8, 4) is 0 Å². The first-order valence-electron chi connectivity index (χ1n) is 2.95. The van der Waals surface area contributed by atoms with Gasteiger partial charge >= 0.3 is 10.4 Å². The lowest BCUT2D eigenvalue weighted by atomic mass is 10.2. The van der Waals surface area contributed by atoms with Crippen LogP contribution in [-0.2, 0) is 10.4 Å². The average molecular weight is 182 g/mol. The van der Waals surface area contributed by atoms with E-state index in [1.807, 2.05) is 0 Å². The summed E-state index contributed by atoms with van der Waals surface area (Å²) in [7, 11) is -4.67. The van der Waals surface area contributed by atoms with Crippen LogP contribution in [0.25, 0.3) is 0 Å². The molecule has 0 aromatic rings. The lowest BCUT2D eigenvalue weighted by Gasteiger charge is -1.88. The monoisotopic (exact) mass is 182 g/mol. The summed E-state index contributed by atoms with van der Waals surface area (Å²) in [6, 6.07) is 0. The molecule has 0 aromatic carbocycles. The van der Waals surface area contributed by atoms with Gasteiger partial charge < -0.3 is 0 Å². The van der Waals surface area contributed by atoms with Crippen LogP contribution in [0.2, 0.25) is 0 Å². The molecule has 0 saturated heterocycles. The molecule has 2 N–H and O–H groups in total. The van der Waals surface area contributed by atoms with E-state index < -0.39 is 10.4 Å². The maximum atomic E-state index is 8.74. The lowest BCUT2D eigenvalue weighted by Crippen LogP contribution is -1.89. The van der Waals surface area contributed by atoms with Gasteiger partial charge in [0.2, 0.25) is 0 Å². The summed E-state index contributed by atoms with van der Waals surface area (Å²) in [5.74, 6) is 0. The topological polar surface area (TPSA) is 74.6 Å². The Kier molecular flexibility index (Phi) is 6.35. The summed E-state index contributed by atoms with van der Waals surface area (Å²) in [6.07, 6.45) is 0. The van der Waals surface area contributed by atoms with Crippen LogP contribution in [-0.4, -0.2) is 17.5 Å². The van der Waals surface area contributed by atoms with Gasteiger partial charge in [-0.15, -0.1) is 0 Å². The van der Waals surface area contributed by atoms with E-state index in [4.69, 9.17) is 17.5 Å². The van der Waals surface area contributed by atoms with Crippen molar-refractivity contribution in [1.29, 1.82) is 0 Å². The molecule has 0 aliphatic heterocycles. The highest BCUT2D eigenvalue weighted by molar-refractivity contribution is 7.79. The van der Waals surface area contributed by atoms with Crippen molar-refractivity contribution >= 4 is 10.4 Å². The molecule has 0 amide bonds. The Bertz CT molecular complexity index is 199. The van der Waals surface area contributed by atoms with Gasteiger partial charge in [0.25, 0.3) is 0 Å². The third-order valence-corrected chi connectivity index (χ3v) is 1.00. The molecule has 11 heavy (non-hydrogen) atoms. The van der Waals surface area contributed by atoms with Crippen LogP contribution in [0.5, 0.6) is 0 Å². The van der Waals surface area contributed by atoms with Crippen LogP contribution >= 0.6 is 0 Å². The number of rotatable bonds is 0. The zero-order chi connectivity index (χ0) is 9.65. The maximum absolute atomic E-state index is 8.74. The largest absolute Gasteiger partial charge is 0.394 e. The summed E-state index contributed by atoms with van der Waals surface area (Å²) >= 11 is 0. The molecule has 0 heterocycles. The van der Waals surface area contributed by atoms with Crippen molar-refractivity contribution in [1.82, 2.24) is 0 Å². The van der Waals surface area contributed by atoms with Crippen LogP contribution in [0.3, 0.4) is 0 Å². The van der Waals surface area contributed by atoms with Crippen molar-refractivity contribution in [3.63, 3.8) is 0 Å². The van der Waals surface area contributed by atoms with Crippen LogP contribution in [0.4, 0.5) is 0 Å². The number of hydrogen-bond acceptors (Lipinski definition) is 2. The van der Waals surface area contributed by atoms with E-state index in [1.54, 1.807) is 0 Å². The van der Waals surface area contributed by atoms with Gasteiger partial charge in [0.1, 0.15) is 0 Å². The minimum absolute atomic E-state index is 1.43. The Morgan fingerprint density at radius 3 is 1.00 bits per heavy atom. The summed E-state index contributed by atoms with van der Waals surface area (Å²) in [6.45, 7) is 8.48. The van der Waals surface area contributed by atoms with Gasteiger partial charge in [-0.05, 0) is 27.7 Å². The zero-order valence-corrected chi connectivity index (χ0v) is 7.94. The van der Waals surface area contributed by atoms with Crippen molar-refractivity contribution < 1.29 is 17.5 Å². The highest BCUT2D eigenvalue weighted by atomic mass is 32.3. The minimum atomic E-state index is -4.67. The molecule has 0 bridgehead atoms. The van der Waals surface area contributed by atoms with Crippen molar-refractivity contribution in [2.24, 2.45) is 0 Å². The van der Waals surface area contributed by atoms with Crippen molar-refractivity contribution in [3.05, 3.63) is 11.1 Å². The van der Waals surface area contributed by atoms with Gasteiger partial charge in [-0.25, -0.2) is 0 Å². The molecule has 0 unspecified atom stereocenters. The SMILES string of the molecule is CC(C)=C(C)C.O=S(=O)(O)O. The normalized spacial score (nSPS) is 9.64. The van der Waals surface area contributed by atoms with Crippen LogP contribution in [0.1, 0.15) is 27.7 Å². The van der Waals surface area contributed by atoms with Gasteiger partial charge in [-0.2, -0.15) is 8.42 Å². The standard InChI is InChI=1S/C6H12.H2O4S/c1-5(2)6(3)4;1-5(2,3)4/h1-4H3;(H2,1,2,3,4). The fraction of sp³-hybridized carbons (Fsp3) is 0.667. The van der Waals surface area contributed by atoms with E-state index >= 15 is 0 Å². The summed E-state index contributed by atoms with van der Waals surface area (Å²) in [4.78, 5) is 0. The first kappa shape index (κ1) is 13.2. The van der Waals surface area contributed by atoms with E-state index in [0.717, 1.165) is 0 Å². The highest BCUT2D eigenvalue weighted by Gasteiger charge is 1.84. The second kappa shape index (κ2) is 5.29. The second-order valence-electron chi connectivity index (χ2n) is 2.45.